The van der Waals surface area contributed by atoms with Crippen LogP contribution in [0.1, 0.15) is 69.9 Å². The van der Waals surface area contributed by atoms with Crippen molar-refractivity contribution in [2.75, 3.05) is 55.4 Å². The molecular formula is C101H105Br3ClF7KLiN12O17Si3. The number of anilines is 6. The number of carbonyl (C=O) groups is 3. The number of methoxy groups -OCH3 is 3. The van der Waals surface area contributed by atoms with Gasteiger partial charge in [0.05, 0.1) is 97.5 Å². The molecule has 0 saturated carbocycles. The van der Waals surface area contributed by atoms with Crippen LogP contribution in [0.2, 0.25) is 64.1 Å². The summed E-state index contributed by atoms with van der Waals surface area (Å²) in [7, 11) is 0.252. The number of nitrogens with two attached hydrogens (primary N) is 2. The maximum Gasteiger partial charge on any atom is 1.00 e. The number of nitrogens with zero attached hydrogens (tertiary/aromatic N) is 8. The van der Waals surface area contributed by atoms with Crippen LogP contribution in [0.15, 0.2) is 198 Å². The number of hydrogen-bond donors (Lipinski definition) is 5. The minimum atomic E-state index is -1.61. The molecule has 0 fully saturated rings. The largest absolute Gasteiger partial charge is 1.00 e. The molecule has 0 aliphatic carbocycles. The van der Waals surface area contributed by atoms with Gasteiger partial charge >= 0.3 is 88.2 Å². The van der Waals surface area contributed by atoms with Gasteiger partial charge in [0.1, 0.15) is 101 Å². The molecule has 3 aromatic heterocycles. The number of non-ortho nitro benzene ring substituents is 2. The monoisotopic (exact) mass is 2290 g/mol. The summed E-state index contributed by atoms with van der Waals surface area (Å²) in [5.41, 5.74) is 24.4. The van der Waals surface area contributed by atoms with Gasteiger partial charge in [0.15, 0.2) is 34.5 Å². The van der Waals surface area contributed by atoms with Crippen LogP contribution in [0.4, 0.5) is 76.5 Å². The third kappa shape index (κ3) is 49.9. The fourth-order valence-corrected chi connectivity index (χ4v) is 12.1. The Morgan fingerprint density at radius 2 is 0.829 bits per heavy atom. The van der Waals surface area contributed by atoms with Crippen LogP contribution in [-0.4, -0.2) is 137 Å². The number of phenolic OH excluding ortho intramolecular Hbond substituents is 1. The minimum Gasteiger partial charge on any atom is -0.870 e. The molecule has 0 unspecified atom stereocenters. The molecule has 29 nitrogen and oxygen atoms in total. The van der Waals surface area contributed by atoms with Gasteiger partial charge in [-0.25, -0.2) is 60.6 Å². The number of fused-ring (bicyclic) bond motifs is 3. The van der Waals surface area contributed by atoms with E-state index in [1.54, 1.807) is 73.7 Å². The topological polar surface area (TPSA) is 458 Å². The van der Waals surface area contributed by atoms with Crippen LogP contribution in [0, 0.1) is 133 Å². The number of phenols is 1. The number of ether oxygens (including phenoxy) is 6. The van der Waals surface area contributed by atoms with E-state index >= 15 is 0 Å². The van der Waals surface area contributed by atoms with Gasteiger partial charge in [-0.3, -0.25) is 34.6 Å². The average molecular weight is 2300 g/mol. The van der Waals surface area contributed by atoms with Crippen molar-refractivity contribution in [1.29, 1.82) is 0 Å². The molecule has 0 atom stereocenters. The number of alkyl halides is 1. The van der Waals surface area contributed by atoms with E-state index in [2.05, 4.69) is 179 Å². The van der Waals surface area contributed by atoms with Crippen molar-refractivity contribution in [3.8, 4) is 106 Å². The molecule has 11 N–H and O–H groups in total. The van der Waals surface area contributed by atoms with Crippen LogP contribution < -0.4 is 116 Å². The standard InChI is InChI=1S/C19H14FN3O3.C17H12FN3O2.C11H9ClN2O3.C11H12FNO2Si.C11H14FNSi.C8H6FN.C6H3BrFNO2.C6H4BrF.C5H9BrO2.C5H10Si.2CH4.K.Li.3H2O/c1-4-12-7-13(5-6-15(12)20)23-19-14-8-18(26-11(2)24)17(25-3)9-16(14)21-10-22-19;1-3-10-6-11(4-5-13(10)18)21-17-12-7-15(22)16(23-2)8-14(12)19-9-20-17;1-6(15)17-10-3-7-8(4-9(10)16-2)13-5-14-11(7)12;1-16(2,3)7-6-9-8-10(13(14)15)4-5-11(9)12;1-14(2,3)7-6-9-8-10(13)4-5-11(9)12;1-2-6-5-7(10)3-4-8(6)9;7-5-3-4(9(10)11)1-2-6(5)8;7-5-3-1-2-4-6(5)8;1-2-8-5(7)3-4-6;1-5-6(2,3)4;;;;;;;/h1,5-10H,2-3H3,(H,21,22,23);1,4-9,22H,2H3,(H,19,20,21);3-5H,1-2H3;4-5,8H,1-3H3;4-5,8H,13H2,1-3H3;1,3-5H,10H2;1-3H;1-4H;2-4H2,1H3;1H,2-4H3;2*1H4;;;3*1H2/q;;;;;;;;;;;;2*+1;;;/p-2. The van der Waals surface area contributed by atoms with Crippen molar-refractivity contribution in [2.24, 2.45) is 0 Å². The number of nitrogen functional groups attached to an aromatic ring is 2. The first-order valence-electron chi connectivity index (χ1n) is 40.5. The van der Waals surface area contributed by atoms with Crippen LogP contribution in [0.25, 0.3) is 32.7 Å². The number of nitro groups is 2. The zero-order valence-electron chi connectivity index (χ0n) is 80.9. The number of carbonyl (C=O) groups excluding carboxylic acids is 3. The second-order valence-corrected chi connectivity index (χ2v) is 47.9. The summed E-state index contributed by atoms with van der Waals surface area (Å²) < 4.78 is 122. The minimum absolute atomic E-state index is 0. The van der Waals surface area contributed by atoms with Crippen LogP contribution in [0.3, 0.4) is 0 Å². The molecule has 0 saturated heterocycles. The van der Waals surface area contributed by atoms with Gasteiger partial charge in [0.25, 0.3) is 11.4 Å². The molecule has 10 aromatic carbocycles. The zero-order chi connectivity index (χ0) is 104. The first-order valence-corrected chi connectivity index (χ1v) is 54.1. The number of aromatic hydroxyl groups is 1. The van der Waals surface area contributed by atoms with Crippen molar-refractivity contribution in [3.63, 3.8) is 0 Å². The van der Waals surface area contributed by atoms with Crippen LogP contribution in [0.5, 0.6) is 34.5 Å². The summed E-state index contributed by atoms with van der Waals surface area (Å²) in [5, 5.41) is 39.5. The summed E-state index contributed by atoms with van der Waals surface area (Å²) in [6, 6.07) is 40.0. The predicted molar refractivity (Wildman–Crippen MR) is 569 cm³/mol. The zero-order valence-corrected chi connectivity index (χ0v) is 92.5. The van der Waals surface area contributed by atoms with Crippen LogP contribution in [-0.2, 0) is 19.1 Å². The number of nitrogens with one attached hydrogen (secondary N) is 2. The summed E-state index contributed by atoms with van der Waals surface area (Å²) in [5.74, 6) is 10.9. The van der Waals surface area contributed by atoms with E-state index in [1.165, 1.54) is 127 Å². The van der Waals surface area contributed by atoms with E-state index in [4.69, 9.17) is 72.4 Å². The van der Waals surface area contributed by atoms with E-state index < -0.39 is 75.1 Å². The smallest absolute Gasteiger partial charge is 0.870 e. The molecule has 146 heavy (non-hydrogen) atoms. The van der Waals surface area contributed by atoms with E-state index in [0.29, 0.717) is 124 Å². The van der Waals surface area contributed by atoms with E-state index in [1.807, 2.05) is 19.6 Å². The van der Waals surface area contributed by atoms with Crippen molar-refractivity contribution in [2.45, 2.75) is 101 Å². The normalized spacial score (nSPS) is 9.55. The summed E-state index contributed by atoms with van der Waals surface area (Å²) in [6.07, 6.45) is 25.2. The third-order valence-corrected chi connectivity index (χ3v) is 21.0. The van der Waals surface area contributed by atoms with Gasteiger partial charge in [-0.1, -0.05) is 143 Å². The predicted octanol–water partition coefficient (Wildman–Crippen LogP) is 17.9. The van der Waals surface area contributed by atoms with Crippen molar-refractivity contribution < 1.29 is 175 Å². The summed E-state index contributed by atoms with van der Waals surface area (Å²) in [6.45, 7) is 23.7. The SMILES string of the molecule is C.C.C#C[Si](C)(C)C.C#Cc1cc(N)ccc1F.C#Cc1cc(Nc2ncnc3cc(OC)c(O)cc23)ccc1F.C#Cc1cc(Nc2ncnc3cc(OC)c(OC(C)=O)cc23)ccc1F.CCOC(=O)CCBr.COc1cc2ncnc(Cl)c2cc1OC(C)=O.C[Si](C)(C)C#Cc1cc(N)ccc1F.C[Si](C)(C)C#Cc1cc([N+](=O)[O-])ccc1F.Fc1ccccc1Br.O.O=[N+]([O-])c1ccc(F)c(Br)c1.[K+].[Li+].[OH-].[OH-]. The Labute approximate surface area is 930 Å². The fourth-order valence-electron chi connectivity index (χ4n) is 9.89. The number of hydrogen-bond acceptors (Lipinski definition) is 26. The van der Waals surface area contributed by atoms with Gasteiger partial charge in [-0.15, -0.1) is 42.3 Å². The Morgan fingerprint density at radius 3 is 1.19 bits per heavy atom. The summed E-state index contributed by atoms with van der Waals surface area (Å²) in [4.78, 5) is 76.8. The molecule has 0 spiro atoms. The number of rotatable bonds is 14. The Morgan fingerprint density at radius 1 is 0.479 bits per heavy atom. The molecule has 0 aliphatic rings. The number of halogens is 11. The molecular weight excluding hydrogens is 2190 g/mol. The van der Waals surface area contributed by atoms with Crippen molar-refractivity contribution in [1.82, 2.24) is 29.9 Å². The Kier molecular flexibility index (Phi) is 66.2. The average Bonchev–Trinajstić information content (AvgIpc) is 0.757. The quantitative estimate of drug-likeness (QED) is 0.00645. The molecule has 45 heteroatoms. The fraction of sp³-hybridized carbons (Fsp3) is 0.198. The first-order chi connectivity index (χ1) is 65.4. The number of benzene rings is 10. The first kappa shape index (κ1) is 139. The van der Waals surface area contributed by atoms with Crippen molar-refractivity contribution in [3.05, 3.63) is 292 Å². The molecule has 0 amide bonds. The van der Waals surface area contributed by atoms with Gasteiger partial charge < -0.3 is 72.1 Å². The molecule has 0 bridgehead atoms. The van der Waals surface area contributed by atoms with Gasteiger partial charge in [-0.2, -0.15) is 0 Å². The Hall–Kier alpha value is -12.8. The van der Waals surface area contributed by atoms with Gasteiger partial charge in [0, 0.05) is 101 Å². The van der Waals surface area contributed by atoms with E-state index in [-0.39, 0.29) is 169 Å². The molecule has 0 aliphatic heterocycles. The number of esters is 3. The van der Waals surface area contributed by atoms with Crippen molar-refractivity contribution >= 4 is 180 Å². The Bertz CT molecular complexity index is 6880. The van der Waals surface area contributed by atoms with Crippen LogP contribution >= 0.6 is 59.4 Å². The molecule has 762 valence electrons. The second-order valence-electron chi connectivity index (χ2n) is 30.8. The molecule has 13 rings (SSSR count). The maximum atomic E-state index is 13.6. The number of nitro benzene ring substituents is 2. The van der Waals surface area contributed by atoms with E-state index in [0.717, 1.165) is 30.3 Å². The maximum absolute atomic E-state index is 13.6. The molecule has 13 aromatic rings. The molecule has 0 radical (unpaired) electrons. The second kappa shape index (κ2) is 69.3. The molecule has 3 heterocycles. The van der Waals surface area contributed by atoms with E-state index in [9.17, 15) is 70.5 Å². The summed E-state index contributed by atoms with van der Waals surface area (Å²) >= 11 is 14.9. The van der Waals surface area contributed by atoms with Gasteiger partial charge in [-0.05, 0) is 154 Å². The Balaban J connectivity index is -0.000000784. The number of aromatic nitrogens is 6. The number of terminal acetylenes is 4. The van der Waals surface area contributed by atoms with Gasteiger partial charge in [0.2, 0.25) is 0 Å². The third-order valence-electron chi connectivity index (χ3n) is 16.4.